The molecule has 1 fully saturated rings. The van der Waals surface area contributed by atoms with Gasteiger partial charge in [-0.25, -0.2) is 9.46 Å². The van der Waals surface area contributed by atoms with Crippen LogP contribution in [0.3, 0.4) is 0 Å². The van der Waals surface area contributed by atoms with Crippen LogP contribution in [-0.4, -0.2) is 63.9 Å². The van der Waals surface area contributed by atoms with Crippen molar-refractivity contribution in [1.82, 2.24) is 13.8 Å². The van der Waals surface area contributed by atoms with Crippen molar-refractivity contribution in [2.45, 2.75) is 70.2 Å². The highest BCUT2D eigenvalue weighted by Gasteiger charge is 2.53. The summed E-state index contributed by atoms with van der Waals surface area (Å²) < 4.78 is 47.6. The minimum Gasteiger partial charge on any atom is -0.348 e. The predicted octanol–water partition coefficient (Wildman–Crippen LogP) is 4.80. The number of carbonyl (C=O) groups is 1. The third-order valence-electron chi connectivity index (χ3n) is 7.92. The Labute approximate surface area is 262 Å². The van der Waals surface area contributed by atoms with E-state index in [4.69, 9.17) is 13.8 Å². The second-order valence-electron chi connectivity index (χ2n) is 11.0. The van der Waals surface area contributed by atoms with Crippen LogP contribution < -0.4 is 11.2 Å². The topological polar surface area (TPSA) is 174 Å². The van der Waals surface area contributed by atoms with Gasteiger partial charge in [-0.3, -0.25) is 18.7 Å². The van der Waals surface area contributed by atoms with Crippen molar-refractivity contribution < 1.29 is 27.7 Å². The molecule has 0 spiro atoms. The largest absolute Gasteiger partial charge is 0.353 e. The fraction of sp³-hybridized carbons (Fsp3) is 0.500. The van der Waals surface area contributed by atoms with Crippen molar-refractivity contribution >= 4 is 20.8 Å². The van der Waals surface area contributed by atoms with Crippen LogP contribution in [0.25, 0.3) is 0 Å². The van der Waals surface area contributed by atoms with Crippen LogP contribution in [0.15, 0.2) is 64.1 Å². The molecule has 1 aromatic heterocycles. The molecule has 1 aliphatic heterocycles. The molecular formula is C30H39N5O8P2. The van der Waals surface area contributed by atoms with Gasteiger partial charge in [0.2, 0.25) is 0 Å². The molecule has 0 radical (unpaired) electrons. The van der Waals surface area contributed by atoms with Gasteiger partial charge in [-0.1, -0.05) is 45.9 Å². The molecule has 0 amide bonds. The summed E-state index contributed by atoms with van der Waals surface area (Å²) in [5.74, 6) is -0.505. The van der Waals surface area contributed by atoms with Crippen LogP contribution >= 0.6 is 14.9 Å². The molecular weight excluding hydrogens is 620 g/mol. The Balaban J connectivity index is 2.31. The third-order valence-corrected chi connectivity index (χ3v) is 13.7. The second-order valence-corrected chi connectivity index (χ2v) is 17.1. The Kier molecular flexibility index (Phi) is 12.2. The first-order valence-corrected chi connectivity index (χ1v) is 17.8. The van der Waals surface area contributed by atoms with Gasteiger partial charge in [-0.05, 0) is 18.2 Å². The summed E-state index contributed by atoms with van der Waals surface area (Å²) >= 11 is 0. The fourth-order valence-corrected chi connectivity index (χ4v) is 10.0. The maximum Gasteiger partial charge on any atom is 0.353 e. The maximum absolute atomic E-state index is 14.9. The fourth-order valence-electron chi connectivity index (χ4n) is 5.74. The Morgan fingerprint density at radius 3 is 2.20 bits per heavy atom. The first kappa shape index (κ1) is 36.1. The molecule has 0 unspecified atom stereocenters. The number of rotatable bonds is 13. The number of ether oxygens (including phenoxy) is 1. The van der Waals surface area contributed by atoms with E-state index in [1.54, 1.807) is 22.9 Å². The van der Waals surface area contributed by atoms with Crippen LogP contribution in [0.2, 0.25) is 0 Å². The monoisotopic (exact) mass is 659 g/mol. The lowest BCUT2D eigenvalue weighted by molar-refractivity contribution is 0.000689. The smallest absolute Gasteiger partial charge is 0.348 e. The molecule has 0 saturated carbocycles. The zero-order valence-corrected chi connectivity index (χ0v) is 28.0. The summed E-state index contributed by atoms with van der Waals surface area (Å²) in [7, 11) is -4.60. The second kappa shape index (κ2) is 15.2. The van der Waals surface area contributed by atoms with Crippen molar-refractivity contribution in [3.63, 3.8) is 0 Å². The molecule has 13 nitrogen and oxygen atoms in total. The molecule has 45 heavy (non-hydrogen) atoms. The lowest BCUT2D eigenvalue weighted by Crippen LogP contribution is -2.47. The molecule has 0 aliphatic carbocycles. The molecule has 2 aromatic rings. The van der Waals surface area contributed by atoms with Gasteiger partial charge in [-0.2, -0.15) is 15.1 Å². The van der Waals surface area contributed by atoms with Gasteiger partial charge < -0.3 is 18.3 Å². The summed E-state index contributed by atoms with van der Waals surface area (Å²) in [6, 6.07) is 12.2. The van der Waals surface area contributed by atoms with Gasteiger partial charge in [0.1, 0.15) is 6.23 Å². The number of benzene rings is 1. The normalized spacial score (nSPS) is 20.6. The quantitative estimate of drug-likeness (QED) is 0.270. The number of hydrogen-bond donors (Lipinski definition) is 0. The van der Waals surface area contributed by atoms with Crippen LogP contribution in [0.4, 0.5) is 0 Å². The van der Waals surface area contributed by atoms with Crippen molar-refractivity contribution in [2.75, 3.05) is 20.8 Å². The number of hydrogen-bond acceptors (Lipinski definition) is 10. The van der Waals surface area contributed by atoms with E-state index in [0.717, 1.165) is 10.6 Å². The van der Waals surface area contributed by atoms with Crippen molar-refractivity contribution in [3.05, 3.63) is 80.9 Å². The van der Waals surface area contributed by atoms with Crippen LogP contribution in [0.1, 0.15) is 57.1 Å². The zero-order valence-electron chi connectivity index (χ0n) is 26.2. The lowest BCUT2D eigenvalue weighted by atomic mass is 9.93. The van der Waals surface area contributed by atoms with E-state index < -0.39 is 56.3 Å². The molecule has 4 atom stereocenters. The van der Waals surface area contributed by atoms with Gasteiger partial charge >= 0.3 is 13.3 Å². The summed E-state index contributed by atoms with van der Waals surface area (Å²) in [6.45, 7) is 7.33. The van der Waals surface area contributed by atoms with Crippen molar-refractivity contribution in [1.29, 1.82) is 10.5 Å². The number of aromatic nitrogens is 2. The van der Waals surface area contributed by atoms with Crippen LogP contribution in [-0.2, 0) is 22.9 Å². The first-order valence-electron chi connectivity index (χ1n) is 14.4. The highest BCUT2D eigenvalue weighted by Crippen LogP contribution is 2.62. The highest BCUT2D eigenvalue weighted by molar-refractivity contribution is 7.62. The zero-order chi connectivity index (χ0) is 33.5. The van der Waals surface area contributed by atoms with E-state index in [1.165, 1.54) is 44.4 Å². The molecule has 242 valence electrons. The molecule has 2 heterocycles. The van der Waals surface area contributed by atoms with E-state index in [2.05, 4.69) is 12.1 Å². The summed E-state index contributed by atoms with van der Waals surface area (Å²) in [5, 5.41) is 19.5. The highest BCUT2D eigenvalue weighted by atomic mass is 31.2. The minimum atomic E-state index is -3.71. The van der Waals surface area contributed by atoms with Gasteiger partial charge in [0.15, 0.2) is 7.29 Å². The number of nitrogens with zero attached hydrogens (tertiary/aromatic N) is 5. The van der Waals surface area contributed by atoms with Gasteiger partial charge in [-0.15, -0.1) is 0 Å². The minimum absolute atomic E-state index is 0.00530. The Hall–Kier alpha value is -3.41. The van der Waals surface area contributed by atoms with E-state index in [-0.39, 0.29) is 36.3 Å². The molecule has 15 heteroatoms. The number of carbonyl (C=O) groups excluding carboxylic acids is 1. The average Bonchev–Trinajstić information content (AvgIpc) is 3.37. The van der Waals surface area contributed by atoms with Crippen molar-refractivity contribution in [2.24, 2.45) is 5.92 Å². The van der Waals surface area contributed by atoms with E-state index in [1.807, 2.05) is 27.7 Å². The van der Waals surface area contributed by atoms with Gasteiger partial charge in [0.25, 0.3) is 11.5 Å². The summed E-state index contributed by atoms with van der Waals surface area (Å²) in [6.07, 6.45) is 0.164. The van der Waals surface area contributed by atoms with Crippen molar-refractivity contribution in [3.8, 4) is 12.1 Å². The average molecular weight is 660 g/mol. The van der Waals surface area contributed by atoms with E-state index >= 15 is 0 Å². The third kappa shape index (κ3) is 7.37. The summed E-state index contributed by atoms with van der Waals surface area (Å²) in [4.78, 5) is 40.0. The van der Waals surface area contributed by atoms with Gasteiger partial charge in [0.05, 0.1) is 24.3 Å². The standard InChI is InChI=1S/C30H39N5O8P2/c1-21(2)45(40,22(3)4)34(18-10-16-31)27-24(13-17-32)29(43-25(27)15-20-44(39,41-5)42-6)33-19-14-26(36)35(30(33)38)28(37)23-11-8-7-9-12-23/h7-9,11-12,14-15,19-22,24-25,27,29H,10,13,18H2,1-6H3/b20-15+/t24-,25-,27+,29-/m1/s1. The molecule has 1 aromatic carbocycles. The maximum atomic E-state index is 14.9. The molecule has 3 rings (SSSR count). The Morgan fingerprint density at radius 2 is 1.67 bits per heavy atom. The Bertz CT molecular complexity index is 1670. The van der Waals surface area contributed by atoms with E-state index in [9.17, 15) is 34.0 Å². The lowest BCUT2D eigenvalue weighted by Gasteiger charge is -2.43. The molecule has 0 bridgehead atoms. The van der Waals surface area contributed by atoms with Crippen LogP contribution in [0.5, 0.6) is 0 Å². The van der Waals surface area contributed by atoms with Gasteiger partial charge in [0, 0.05) is 74.5 Å². The summed E-state index contributed by atoms with van der Waals surface area (Å²) in [5.41, 5.74) is -2.46. The molecule has 0 N–H and O–H groups in total. The molecule has 1 saturated heterocycles. The van der Waals surface area contributed by atoms with Crippen LogP contribution in [0, 0.1) is 28.6 Å². The molecule has 1 aliphatic rings. The first-order chi connectivity index (χ1) is 21.3. The SMILES string of the molecule is COP(=O)(/C=C/[C@H]1O[C@@H](n2ccc(=O)n(C(=O)c3ccccc3)c2=O)[C@H](CC#N)[C@@H]1N(CCC#N)P(=O)(C(C)C)C(C)C)OC. The van der Waals surface area contributed by atoms with E-state index in [0.29, 0.717) is 4.57 Å². The Morgan fingerprint density at radius 1 is 1.04 bits per heavy atom. The predicted molar refractivity (Wildman–Crippen MR) is 168 cm³/mol. The number of nitriles is 2.